The minimum Gasteiger partial charge on any atom is -0.349 e. The molecule has 118 valence electrons. The maximum atomic E-state index is 12.2. The van der Waals surface area contributed by atoms with Gasteiger partial charge in [0, 0.05) is 25.2 Å². The maximum absolute atomic E-state index is 12.2. The van der Waals surface area contributed by atoms with Gasteiger partial charge < -0.3 is 10.6 Å². The fourth-order valence-corrected chi connectivity index (χ4v) is 3.24. The van der Waals surface area contributed by atoms with Gasteiger partial charge in [0.15, 0.2) is 0 Å². The number of carbonyl (C=O) groups excluding carboxylic acids is 1. The Hall–Kier alpha value is -1.36. The van der Waals surface area contributed by atoms with E-state index >= 15 is 0 Å². The molecule has 5 heteroatoms. The Kier molecular flexibility index (Phi) is 5.39. The standard InChI is InChI=1S/C16H28N4O/c1-11(14-6-5-7-17-9-14)8-16(21)18-12(2)15-10-20(4)19-13(15)3/h10-12,14,17H,5-9H2,1-4H3,(H,18,21). The summed E-state index contributed by atoms with van der Waals surface area (Å²) in [4.78, 5) is 12.2. The van der Waals surface area contributed by atoms with Crippen LogP contribution in [0.5, 0.6) is 0 Å². The quantitative estimate of drug-likeness (QED) is 0.872. The van der Waals surface area contributed by atoms with E-state index < -0.39 is 0 Å². The van der Waals surface area contributed by atoms with Crippen molar-refractivity contribution in [2.45, 2.75) is 46.1 Å². The van der Waals surface area contributed by atoms with Gasteiger partial charge >= 0.3 is 0 Å². The van der Waals surface area contributed by atoms with Crippen LogP contribution in [-0.2, 0) is 11.8 Å². The number of nitrogens with one attached hydrogen (secondary N) is 2. The fraction of sp³-hybridized carbons (Fsp3) is 0.750. The van der Waals surface area contributed by atoms with Crippen LogP contribution in [0, 0.1) is 18.8 Å². The zero-order valence-corrected chi connectivity index (χ0v) is 13.6. The highest BCUT2D eigenvalue weighted by molar-refractivity contribution is 5.76. The van der Waals surface area contributed by atoms with Crippen LogP contribution in [-0.4, -0.2) is 28.8 Å². The second-order valence-electron chi connectivity index (χ2n) is 6.42. The lowest BCUT2D eigenvalue weighted by atomic mass is 9.85. The van der Waals surface area contributed by atoms with Gasteiger partial charge in [-0.2, -0.15) is 5.10 Å². The first-order valence-electron chi connectivity index (χ1n) is 7.97. The van der Waals surface area contributed by atoms with Crippen LogP contribution in [0.1, 0.15) is 50.4 Å². The summed E-state index contributed by atoms with van der Waals surface area (Å²) in [5, 5.41) is 10.9. The van der Waals surface area contributed by atoms with Crippen molar-refractivity contribution in [3.05, 3.63) is 17.5 Å². The fourth-order valence-electron chi connectivity index (χ4n) is 3.24. The van der Waals surface area contributed by atoms with Gasteiger partial charge in [-0.25, -0.2) is 0 Å². The predicted molar refractivity (Wildman–Crippen MR) is 83.9 cm³/mol. The zero-order valence-electron chi connectivity index (χ0n) is 13.6. The van der Waals surface area contributed by atoms with Crippen molar-refractivity contribution in [2.75, 3.05) is 13.1 Å². The Morgan fingerprint density at radius 2 is 2.33 bits per heavy atom. The molecule has 21 heavy (non-hydrogen) atoms. The van der Waals surface area contributed by atoms with Gasteiger partial charge in [-0.15, -0.1) is 0 Å². The summed E-state index contributed by atoms with van der Waals surface area (Å²) in [7, 11) is 1.91. The molecular formula is C16H28N4O. The van der Waals surface area contributed by atoms with E-state index in [2.05, 4.69) is 22.7 Å². The summed E-state index contributed by atoms with van der Waals surface area (Å²) in [6.45, 7) is 8.36. The Bertz CT molecular complexity index is 477. The number of nitrogens with zero attached hydrogens (tertiary/aromatic N) is 2. The molecule has 1 aliphatic rings. The molecule has 0 radical (unpaired) electrons. The third-order valence-corrected chi connectivity index (χ3v) is 4.54. The molecule has 1 aliphatic heterocycles. The van der Waals surface area contributed by atoms with Crippen molar-refractivity contribution in [3.63, 3.8) is 0 Å². The second-order valence-corrected chi connectivity index (χ2v) is 6.42. The molecule has 0 bridgehead atoms. The van der Waals surface area contributed by atoms with E-state index in [1.54, 1.807) is 4.68 Å². The average molecular weight is 292 g/mol. The van der Waals surface area contributed by atoms with E-state index in [-0.39, 0.29) is 11.9 Å². The summed E-state index contributed by atoms with van der Waals surface area (Å²) in [6, 6.07) is 0.0166. The number of piperidine rings is 1. The predicted octanol–water partition coefficient (Wildman–Crippen LogP) is 1.93. The SMILES string of the molecule is Cc1nn(C)cc1C(C)NC(=O)CC(C)C1CCCNC1. The molecule has 2 rings (SSSR count). The van der Waals surface area contributed by atoms with Crippen LogP contribution in [0.15, 0.2) is 6.20 Å². The van der Waals surface area contributed by atoms with Crippen LogP contribution in [0.3, 0.4) is 0 Å². The van der Waals surface area contributed by atoms with E-state index in [9.17, 15) is 4.79 Å². The molecule has 1 aromatic rings. The largest absolute Gasteiger partial charge is 0.349 e. The highest BCUT2D eigenvalue weighted by Gasteiger charge is 2.23. The molecule has 1 fully saturated rings. The molecule has 0 aliphatic carbocycles. The smallest absolute Gasteiger partial charge is 0.220 e. The van der Waals surface area contributed by atoms with E-state index in [1.165, 1.54) is 12.8 Å². The lowest BCUT2D eigenvalue weighted by molar-refractivity contribution is -0.123. The van der Waals surface area contributed by atoms with Crippen molar-refractivity contribution < 1.29 is 4.79 Å². The van der Waals surface area contributed by atoms with Crippen molar-refractivity contribution in [1.29, 1.82) is 0 Å². The van der Waals surface area contributed by atoms with Crippen molar-refractivity contribution in [3.8, 4) is 0 Å². The van der Waals surface area contributed by atoms with Crippen molar-refractivity contribution in [1.82, 2.24) is 20.4 Å². The molecule has 1 saturated heterocycles. The Labute approximate surface area is 127 Å². The molecule has 5 nitrogen and oxygen atoms in total. The number of carbonyl (C=O) groups is 1. The summed E-state index contributed by atoms with van der Waals surface area (Å²) >= 11 is 0. The summed E-state index contributed by atoms with van der Waals surface area (Å²) in [5.41, 5.74) is 2.08. The minimum absolute atomic E-state index is 0.0166. The maximum Gasteiger partial charge on any atom is 0.220 e. The minimum atomic E-state index is 0.0166. The van der Waals surface area contributed by atoms with Gasteiger partial charge in [0.05, 0.1) is 11.7 Å². The number of rotatable bonds is 5. The van der Waals surface area contributed by atoms with Crippen LogP contribution in [0.25, 0.3) is 0 Å². The molecule has 3 atom stereocenters. The van der Waals surface area contributed by atoms with Crippen LogP contribution >= 0.6 is 0 Å². The number of hydrogen-bond acceptors (Lipinski definition) is 3. The molecule has 0 aromatic carbocycles. The molecule has 1 aromatic heterocycles. The molecule has 3 unspecified atom stereocenters. The molecule has 0 spiro atoms. The number of aromatic nitrogens is 2. The number of hydrogen-bond donors (Lipinski definition) is 2. The van der Waals surface area contributed by atoms with Crippen LogP contribution < -0.4 is 10.6 Å². The lowest BCUT2D eigenvalue weighted by Crippen LogP contribution is -2.36. The molecular weight excluding hydrogens is 264 g/mol. The van der Waals surface area contributed by atoms with Gasteiger partial charge in [0.25, 0.3) is 0 Å². The van der Waals surface area contributed by atoms with Gasteiger partial charge in [0.1, 0.15) is 0 Å². The third-order valence-electron chi connectivity index (χ3n) is 4.54. The Balaban J connectivity index is 1.84. The van der Waals surface area contributed by atoms with E-state index in [1.807, 2.05) is 27.1 Å². The first kappa shape index (κ1) is 16.0. The second kappa shape index (κ2) is 7.07. The van der Waals surface area contributed by atoms with Gasteiger partial charge in [0.2, 0.25) is 5.91 Å². The average Bonchev–Trinajstić information content (AvgIpc) is 2.78. The lowest BCUT2D eigenvalue weighted by Gasteiger charge is -2.28. The highest BCUT2D eigenvalue weighted by atomic mass is 16.1. The zero-order chi connectivity index (χ0) is 15.4. The van der Waals surface area contributed by atoms with Gasteiger partial charge in [-0.05, 0) is 51.6 Å². The highest BCUT2D eigenvalue weighted by Crippen LogP contribution is 2.23. The topological polar surface area (TPSA) is 59.0 Å². The van der Waals surface area contributed by atoms with Crippen LogP contribution in [0.2, 0.25) is 0 Å². The first-order chi connectivity index (χ1) is 9.97. The Morgan fingerprint density at radius 1 is 1.57 bits per heavy atom. The number of aryl methyl sites for hydroxylation is 2. The monoisotopic (exact) mass is 292 g/mol. The third kappa shape index (κ3) is 4.30. The summed E-state index contributed by atoms with van der Waals surface area (Å²) in [6.07, 6.45) is 5.05. The normalized spacial score (nSPS) is 21.8. The summed E-state index contributed by atoms with van der Waals surface area (Å²) in [5.74, 6) is 1.20. The number of amides is 1. The molecule has 0 saturated carbocycles. The van der Waals surface area contributed by atoms with E-state index in [0.29, 0.717) is 18.3 Å². The van der Waals surface area contributed by atoms with Crippen molar-refractivity contribution >= 4 is 5.91 Å². The van der Waals surface area contributed by atoms with Gasteiger partial charge in [-0.3, -0.25) is 9.48 Å². The summed E-state index contributed by atoms with van der Waals surface area (Å²) < 4.78 is 1.80. The molecule has 2 N–H and O–H groups in total. The molecule has 1 amide bonds. The van der Waals surface area contributed by atoms with E-state index in [4.69, 9.17) is 0 Å². The molecule has 2 heterocycles. The van der Waals surface area contributed by atoms with Gasteiger partial charge in [-0.1, -0.05) is 6.92 Å². The van der Waals surface area contributed by atoms with Crippen LogP contribution in [0.4, 0.5) is 0 Å². The Morgan fingerprint density at radius 3 is 2.90 bits per heavy atom. The first-order valence-corrected chi connectivity index (χ1v) is 7.97. The van der Waals surface area contributed by atoms with E-state index in [0.717, 1.165) is 24.3 Å². The van der Waals surface area contributed by atoms with Crippen molar-refractivity contribution in [2.24, 2.45) is 18.9 Å².